The first kappa shape index (κ1) is 14.1. The van der Waals surface area contributed by atoms with Crippen LogP contribution in [0.15, 0.2) is 6.07 Å². The number of hydrogen-bond donors (Lipinski definition) is 2. The molecule has 0 unspecified atom stereocenters. The summed E-state index contributed by atoms with van der Waals surface area (Å²) >= 11 is 0. The van der Waals surface area contributed by atoms with Gasteiger partial charge in [0, 0.05) is 18.8 Å². The van der Waals surface area contributed by atoms with Crippen molar-refractivity contribution in [2.75, 3.05) is 26.2 Å². The summed E-state index contributed by atoms with van der Waals surface area (Å²) in [5, 5.41) is 10.4. The van der Waals surface area contributed by atoms with E-state index in [2.05, 4.69) is 22.4 Å². The van der Waals surface area contributed by atoms with Gasteiger partial charge in [-0.05, 0) is 44.3 Å². The van der Waals surface area contributed by atoms with E-state index in [0.717, 1.165) is 51.1 Å². The lowest BCUT2D eigenvalue weighted by atomic mass is 9.96. The van der Waals surface area contributed by atoms with Crippen LogP contribution >= 0.6 is 0 Å². The molecule has 1 amide bonds. The number of likely N-dealkylation sites (tertiary alicyclic amines) is 1. The molecule has 5 nitrogen and oxygen atoms in total. The largest absolute Gasteiger partial charge is 0.337 e. The number of H-pyrrole nitrogens is 1. The van der Waals surface area contributed by atoms with Gasteiger partial charge in [0.15, 0.2) is 0 Å². The highest BCUT2D eigenvalue weighted by Gasteiger charge is 2.24. The quantitative estimate of drug-likeness (QED) is 0.846. The maximum absolute atomic E-state index is 12.3. The van der Waals surface area contributed by atoms with Crippen LogP contribution in [0.3, 0.4) is 0 Å². The number of aromatic nitrogens is 2. The summed E-state index contributed by atoms with van der Waals surface area (Å²) in [5.41, 5.74) is 1.58. The Bertz CT molecular complexity index is 407. The van der Waals surface area contributed by atoms with Crippen LogP contribution in [0.25, 0.3) is 0 Å². The molecular formula is C14H24N4O. The van der Waals surface area contributed by atoms with Gasteiger partial charge in [-0.2, -0.15) is 5.10 Å². The van der Waals surface area contributed by atoms with Crippen LogP contribution in [0.1, 0.15) is 42.9 Å². The Morgan fingerprint density at radius 2 is 2.21 bits per heavy atom. The molecule has 0 atom stereocenters. The Kier molecular flexibility index (Phi) is 4.96. The van der Waals surface area contributed by atoms with Crippen molar-refractivity contribution < 1.29 is 4.79 Å². The Hall–Kier alpha value is -1.36. The second kappa shape index (κ2) is 6.70. The average molecular weight is 264 g/mol. The van der Waals surface area contributed by atoms with Gasteiger partial charge in [0.2, 0.25) is 0 Å². The maximum atomic E-state index is 12.3. The number of aromatic amines is 1. The molecule has 1 aliphatic rings. The number of nitrogens with zero attached hydrogens (tertiary/aromatic N) is 2. The summed E-state index contributed by atoms with van der Waals surface area (Å²) in [6, 6.07) is 1.87. The normalized spacial score (nSPS) is 16.8. The van der Waals surface area contributed by atoms with Gasteiger partial charge in [-0.15, -0.1) is 0 Å². The van der Waals surface area contributed by atoms with Gasteiger partial charge in [-0.1, -0.05) is 13.8 Å². The summed E-state index contributed by atoms with van der Waals surface area (Å²) in [5.74, 6) is 0.771. The van der Waals surface area contributed by atoms with Crippen molar-refractivity contribution >= 4 is 5.91 Å². The van der Waals surface area contributed by atoms with E-state index in [4.69, 9.17) is 0 Å². The molecule has 1 aromatic rings. The third-order valence-electron chi connectivity index (χ3n) is 3.82. The van der Waals surface area contributed by atoms with Gasteiger partial charge in [-0.25, -0.2) is 0 Å². The van der Waals surface area contributed by atoms with Crippen molar-refractivity contribution in [1.29, 1.82) is 0 Å². The molecule has 2 N–H and O–H groups in total. The number of piperidine rings is 1. The van der Waals surface area contributed by atoms with E-state index in [1.807, 2.05) is 17.9 Å². The summed E-state index contributed by atoms with van der Waals surface area (Å²) in [4.78, 5) is 14.2. The van der Waals surface area contributed by atoms with Crippen LogP contribution in [0.4, 0.5) is 0 Å². The van der Waals surface area contributed by atoms with E-state index in [-0.39, 0.29) is 5.91 Å². The van der Waals surface area contributed by atoms with Crippen LogP contribution < -0.4 is 5.32 Å². The molecule has 1 aromatic heterocycles. The van der Waals surface area contributed by atoms with E-state index >= 15 is 0 Å². The standard InChI is InChI=1S/C14H24N4O/c1-3-12-9-13(17-16-12)14(19)18-7-5-11(6-8-18)10-15-4-2/h9,11,15H,3-8,10H2,1-2H3,(H,16,17). The van der Waals surface area contributed by atoms with E-state index in [9.17, 15) is 4.79 Å². The van der Waals surface area contributed by atoms with Crippen LogP contribution in [0, 0.1) is 5.92 Å². The van der Waals surface area contributed by atoms with Gasteiger partial charge < -0.3 is 10.2 Å². The van der Waals surface area contributed by atoms with E-state index in [0.29, 0.717) is 11.6 Å². The first-order valence-electron chi connectivity index (χ1n) is 7.28. The molecule has 106 valence electrons. The number of aryl methyl sites for hydroxylation is 1. The molecule has 1 fully saturated rings. The highest BCUT2D eigenvalue weighted by atomic mass is 16.2. The third-order valence-corrected chi connectivity index (χ3v) is 3.82. The van der Waals surface area contributed by atoms with Crippen molar-refractivity contribution in [2.24, 2.45) is 5.92 Å². The van der Waals surface area contributed by atoms with E-state index in [1.165, 1.54) is 0 Å². The van der Waals surface area contributed by atoms with Crippen LogP contribution in [-0.2, 0) is 6.42 Å². The van der Waals surface area contributed by atoms with Crippen LogP contribution in [-0.4, -0.2) is 47.2 Å². The molecule has 0 spiro atoms. The Morgan fingerprint density at radius 3 is 2.79 bits per heavy atom. The molecule has 0 aromatic carbocycles. The molecular weight excluding hydrogens is 240 g/mol. The van der Waals surface area contributed by atoms with Crippen molar-refractivity contribution in [2.45, 2.75) is 33.1 Å². The molecule has 0 aliphatic carbocycles. The predicted molar refractivity (Wildman–Crippen MR) is 75.1 cm³/mol. The first-order valence-corrected chi connectivity index (χ1v) is 7.28. The number of carbonyl (C=O) groups excluding carboxylic acids is 1. The SMILES string of the molecule is CCNCC1CCN(C(=O)c2cc(CC)[nH]n2)CC1. The van der Waals surface area contributed by atoms with E-state index < -0.39 is 0 Å². The fourth-order valence-electron chi connectivity index (χ4n) is 2.50. The van der Waals surface area contributed by atoms with Crippen molar-refractivity contribution in [1.82, 2.24) is 20.4 Å². The monoisotopic (exact) mass is 264 g/mol. The van der Waals surface area contributed by atoms with Crippen molar-refractivity contribution in [3.63, 3.8) is 0 Å². The summed E-state index contributed by atoms with van der Waals surface area (Å²) < 4.78 is 0. The Morgan fingerprint density at radius 1 is 1.47 bits per heavy atom. The lowest BCUT2D eigenvalue weighted by molar-refractivity contribution is 0.0684. The molecule has 0 radical (unpaired) electrons. The molecule has 1 aliphatic heterocycles. The lowest BCUT2D eigenvalue weighted by Gasteiger charge is -2.31. The molecule has 19 heavy (non-hydrogen) atoms. The second-order valence-electron chi connectivity index (χ2n) is 5.18. The number of rotatable bonds is 5. The van der Waals surface area contributed by atoms with Gasteiger partial charge in [-0.3, -0.25) is 9.89 Å². The molecule has 2 rings (SSSR count). The summed E-state index contributed by atoms with van der Waals surface area (Å²) in [6.07, 6.45) is 3.05. The fraction of sp³-hybridized carbons (Fsp3) is 0.714. The molecule has 5 heteroatoms. The number of nitrogens with one attached hydrogen (secondary N) is 2. The van der Waals surface area contributed by atoms with Crippen LogP contribution in [0.5, 0.6) is 0 Å². The fourth-order valence-corrected chi connectivity index (χ4v) is 2.50. The number of carbonyl (C=O) groups is 1. The van der Waals surface area contributed by atoms with Gasteiger partial charge in [0.05, 0.1) is 0 Å². The Labute approximate surface area is 114 Å². The van der Waals surface area contributed by atoms with Crippen molar-refractivity contribution in [3.8, 4) is 0 Å². The zero-order valence-corrected chi connectivity index (χ0v) is 11.9. The minimum atomic E-state index is 0.0675. The molecule has 0 saturated carbocycles. The summed E-state index contributed by atoms with van der Waals surface area (Å²) in [6.45, 7) is 7.97. The molecule has 0 bridgehead atoms. The molecule has 2 heterocycles. The second-order valence-corrected chi connectivity index (χ2v) is 5.18. The van der Waals surface area contributed by atoms with Crippen LogP contribution in [0.2, 0.25) is 0 Å². The predicted octanol–water partition coefficient (Wildman–Crippen LogP) is 1.43. The minimum absolute atomic E-state index is 0.0675. The topological polar surface area (TPSA) is 61.0 Å². The van der Waals surface area contributed by atoms with Gasteiger partial charge >= 0.3 is 0 Å². The van der Waals surface area contributed by atoms with E-state index in [1.54, 1.807) is 0 Å². The van der Waals surface area contributed by atoms with Gasteiger partial charge in [0.25, 0.3) is 5.91 Å². The number of hydrogen-bond acceptors (Lipinski definition) is 3. The highest BCUT2D eigenvalue weighted by Crippen LogP contribution is 2.18. The minimum Gasteiger partial charge on any atom is -0.337 e. The highest BCUT2D eigenvalue weighted by molar-refractivity contribution is 5.92. The Balaban J connectivity index is 1.85. The first-order chi connectivity index (χ1) is 9.24. The molecule has 1 saturated heterocycles. The smallest absolute Gasteiger partial charge is 0.274 e. The maximum Gasteiger partial charge on any atom is 0.274 e. The lowest BCUT2D eigenvalue weighted by Crippen LogP contribution is -2.40. The summed E-state index contributed by atoms with van der Waals surface area (Å²) in [7, 11) is 0. The zero-order chi connectivity index (χ0) is 13.7. The van der Waals surface area contributed by atoms with Crippen molar-refractivity contribution in [3.05, 3.63) is 17.5 Å². The number of amides is 1. The van der Waals surface area contributed by atoms with Gasteiger partial charge in [0.1, 0.15) is 5.69 Å². The average Bonchev–Trinajstić information content (AvgIpc) is 2.94. The zero-order valence-electron chi connectivity index (χ0n) is 11.9. The third kappa shape index (κ3) is 3.56.